The van der Waals surface area contributed by atoms with Gasteiger partial charge < -0.3 is 10.2 Å². The van der Waals surface area contributed by atoms with Crippen molar-refractivity contribution in [3.63, 3.8) is 0 Å². The van der Waals surface area contributed by atoms with E-state index < -0.39 is 17.5 Å². The Kier molecular flexibility index (Phi) is 4.59. The molecule has 1 aromatic heterocycles. The zero-order valence-electron chi connectivity index (χ0n) is 14.1. The van der Waals surface area contributed by atoms with Crippen LogP contribution in [0.15, 0.2) is 47.2 Å². The SMILES string of the molecule is CCN(C(=O)CN1C(=O)N[C@@](C)(c2ccsc2)C1=O)c1ccccc1. The molecule has 1 saturated heterocycles. The minimum atomic E-state index is -1.12. The van der Waals surface area contributed by atoms with Gasteiger partial charge in [0, 0.05) is 12.2 Å². The molecular formula is C18H19N3O3S. The topological polar surface area (TPSA) is 69.7 Å². The number of thiophene rings is 1. The van der Waals surface area contributed by atoms with Crippen LogP contribution in [0, 0.1) is 0 Å². The lowest BCUT2D eigenvalue weighted by Gasteiger charge is -2.24. The minimum Gasteiger partial charge on any atom is -0.319 e. The van der Waals surface area contributed by atoms with Gasteiger partial charge in [0.15, 0.2) is 0 Å². The third-order valence-electron chi connectivity index (χ3n) is 4.35. The number of urea groups is 1. The fourth-order valence-electron chi connectivity index (χ4n) is 2.92. The Balaban J connectivity index is 1.79. The molecule has 2 heterocycles. The number of para-hydroxylation sites is 1. The average molecular weight is 357 g/mol. The lowest BCUT2D eigenvalue weighted by atomic mass is 9.95. The monoisotopic (exact) mass is 357 g/mol. The third-order valence-corrected chi connectivity index (χ3v) is 5.04. The third kappa shape index (κ3) is 3.02. The molecule has 1 aromatic carbocycles. The van der Waals surface area contributed by atoms with E-state index in [9.17, 15) is 14.4 Å². The van der Waals surface area contributed by atoms with Gasteiger partial charge in [0.25, 0.3) is 5.91 Å². The maximum Gasteiger partial charge on any atom is 0.325 e. The Morgan fingerprint density at radius 1 is 1.24 bits per heavy atom. The van der Waals surface area contributed by atoms with Crippen molar-refractivity contribution < 1.29 is 14.4 Å². The second-order valence-corrected chi connectivity index (χ2v) is 6.71. The van der Waals surface area contributed by atoms with Crippen LogP contribution in [0.3, 0.4) is 0 Å². The van der Waals surface area contributed by atoms with Crippen molar-refractivity contribution in [2.75, 3.05) is 18.0 Å². The molecular weight excluding hydrogens is 338 g/mol. The highest BCUT2D eigenvalue weighted by atomic mass is 32.1. The number of amides is 4. The number of carbonyl (C=O) groups is 3. The summed E-state index contributed by atoms with van der Waals surface area (Å²) in [6.45, 7) is 3.68. The van der Waals surface area contributed by atoms with E-state index in [4.69, 9.17) is 0 Å². The molecule has 2 aromatic rings. The molecule has 0 saturated carbocycles. The van der Waals surface area contributed by atoms with Gasteiger partial charge in [-0.2, -0.15) is 11.3 Å². The Morgan fingerprint density at radius 3 is 2.56 bits per heavy atom. The van der Waals surface area contributed by atoms with Crippen LogP contribution in [0.25, 0.3) is 0 Å². The lowest BCUT2D eigenvalue weighted by Crippen LogP contribution is -2.44. The van der Waals surface area contributed by atoms with Crippen LogP contribution in [0.1, 0.15) is 19.4 Å². The first-order chi connectivity index (χ1) is 12.0. The van der Waals surface area contributed by atoms with Gasteiger partial charge in [-0.05, 0) is 48.4 Å². The van der Waals surface area contributed by atoms with Crippen molar-refractivity contribution in [1.82, 2.24) is 10.2 Å². The maximum atomic E-state index is 12.8. The summed E-state index contributed by atoms with van der Waals surface area (Å²) in [6.07, 6.45) is 0. The second-order valence-electron chi connectivity index (χ2n) is 5.93. The van der Waals surface area contributed by atoms with Crippen molar-refractivity contribution in [3.8, 4) is 0 Å². The Bertz CT molecular complexity index is 791. The van der Waals surface area contributed by atoms with E-state index in [1.165, 1.54) is 11.3 Å². The molecule has 25 heavy (non-hydrogen) atoms. The molecule has 130 valence electrons. The van der Waals surface area contributed by atoms with Gasteiger partial charge in [-0.3, -0.25) is 14.5 Å². The molecule has 0 unspecified atom stereocenters. The minimum absolute atomic E-state index is 0.285. The van der Waals surface area contributed by atoms with Crippen LogP contribution in [-0.4, -0.2) is 35.8 Å². The summed E-state index contributed by atoms with van der Waals surface area (Å²) in [6, 6.07) is 10.4. The van der Waals surface area contributed by atoms with Gasteiger partial charge >= 0.3 is 6.03 Å². The van der Waals surface area contributed by atoms with Crippen LogP contribution in [0.5, 0.6) is 0 Å². The Morgan fingerprint density at radius 2 is 1.96 bits per heavy atom. The first-order valence-electron chi connectivity index (χ1n) is 7.99. The number of nitrogens with one attached hydrogen (secondary N) is 1. The van der Waals surface area contributed by atoms with E-state index in [-0.39, 0.29) is 12.5 Å². The fraction of sp³-hybridized carbons (Fsp3) is 0.278. The van der Waals surface area contributed by atoms with Gasteiger partial charge in [0.2, 0.25) is 5.91 Å². The molecule has 0 radical (unpaired) electrons. The smallest absolute Gasteiger partial charge is 0.319 e. The van der Waals surface area contributed by atoms with E-state index in [0.29, 0.717) is 6.54 Å². The number of imide groups is 1. The van der Waals surface area contributed by atoms with Crippen LogP contribution in [-0.2, 0) is 15.1 Å². The quantitative estimate of drug-likeness (QED) is 0.836. The van der Waals surface area contributed by atoms with E-state index in [0.717, 1.165) is 16.2 Å². The van der Waals surface area contributed by atoms with Crippen molar-refractivity contribution >= 4 is 34.9 Å². The average Bonchev–Trinajstić information content (AvgIpc) is 3.21. The van der Waals surface area contributed by atoms with Gasteiger partial charge in [-0.15, -0.1) is 0 Å². The van der Waals surface area contributed by atoms with Crippen molar-refractivity contribution in [3.05, 3.63) is 52.7 Å². The number of carbonyl (C=O) groups excluding carboxylic acids is 3. The second kappa shape index (κ2) is 6.68. The maximum absolute atomic E-state index is 12.8. The number of anilines is 1. The highest BCUT2D eigenvalue weighted by molar-refractivity contribution is 7.08. The van der Waals surface area contributed by atoms with Crippen LogP contribution >= 0.6 is 11.3 Å². The number of likely N-dealkylation sites (N-methyl/N-ethyl adjacent to an activating group) is 1. The predicted molar refractivity (Wildman–Crippen MR) is 96.4 cm³/mol. The lowest BCUT2D eigenvalue weighted by molar-refractivity contribution is -0.134. The first kappa shape index (κ1) is 17.2. The summed E-state index contributed by atoms with van der Waals surface area (Å²) in [7, 11) is 0. The number of hydrogen-bond donors (Lipinski definition) is 1. The molecule has 1 N–H and O–H groups in total. The molecule has 0 bridgehead atoms. The van der Waals surface area contributed by atoms with Crippen LogP contribution < -0.4 is 10.2 Å². The molecule has 1 aliphatic heterocycles. The van der Waals surface area contributed by atoms with Gasteiger partial charge in [0.1, 0.15) is 12.1 Å². The summed E-state index contributed by atoms with van der Waals surface area (Å²) in [5.74, 6) is -0.708. The van der Waals surface area contributed by atoms with E-state index in [1.54, 1.807) is 17.9 Å². The molecule has 4 amide bonds. The summed E-state index contributed by atoms with van der Waals surface area (Å²) < 4.78 is 0. The van der Waals surface area contributed by atoms with Crippen molar-refractivity contribution in [1.29, 1.82) is 0 Å². The molecule has 1 aliphatic rings. The Hall–Kier alpha value is -2.67. The summed E-state index contributed by atoms with van der Waals surface area (Å²) in [5, 5.41) is 6.38. The Labute approximate surface area is 150 Å². The largest absolute Gasteiger partial charge is 0.325 e. The van der Waals surface area contributed by atoms with Gasteiger partial charge in [-0.1, -0.05) is 18.2 Å². The fourth-order valence-corrected chi connectivity index (χ4v) is 3.68. The highest BCUT2D eigenvalue weighted by Gasteiger charge is 2.49. The first-order valence-corrected chi connectivity index (χ1v) is 8.94. The predicted octanol–water partition coefficient (Wildman–Crippen LogP) is 2.57. The molecule has 3 rings (SSSR count). The molecule has 1 atom stereocenters. The summed E-state index contributed by atoms with van der Waals surface area (Å²) in [4.78, 5) is 40.3. The molecule has 0 aliphatic carbocycles. The number of benzene rings is 1. The molecule has 1 fully saturated rings. The molecule has 7 heteroatoms. The van der Waals surface area contributed by atoms with E-state index in [1.807, 2.05) is 48.0 Å². The van der Waals surface area contributed by atoms with Gasteiger partial charge in [-0.25, -0.2) is 4.79 Å². The number of hydrogen-bond acceptors (Lipinski definition) is 4. The van der Waals surface area contributed by atoms with Crippen LogP contribution in [0.4, 0.5) is 10.5 Å². The van der Waals surface area contributed by atoms with E-state index >= 15 is 0 Å². The molecule has 6 nitrogen and oxygen atoms in total. The highest BCUT2D eigenvalue weighted by Crippen LogP contribution is 2.30. The van der Waals surface area contributed by atoms with E-state index in [2.05, 4.69) is 5.32 Å². The summed E-state index contributed by atoms with van der Waals surface area (Å²) >= 11 is 1.45. The number of rotatable bonds is 5. The van der Waals surface area contributed by atoms with Crippen LogP contribution in [0.2, 0.25) is 0 Å². The molecule has 0 spiro atoms. The number of nitrogens with zero attached hydrogens (tertiary/aromatic N) is 2. The van der Waals surface area contributed by atoms with Gasteiger partial charge in [0.05, 0.1) is 0 Å². The zero-order chi connectivity index (χ0) is 18.0. The van der Waals surface area contributed by atoms with Crippen molar-refractivity contribution in [2.24, 2.45) is 0 Å². The normalized spacial score (nSPS) is 19.8. The zero-order valence-corrected chi connectivity index (χ0v) is 14.9. The summed E-state index contributed by atoms with van der Waals surface area (Å²) in [5.41, 5.74) is 0.338. The van der Waals surface area contributed by atoms with Crippen molar-refractivity contribution in [2.45, 2.75) is 19.4 Å². The standard InChI is InChI=1S/C18H19N3O3S/c1-3-20(14-7-5-4-6-8-14)15(22)11-21-16(23)18(2,19-17(21)24)13-9-10-25-12-13/h4-10,12H,3,11H2,1-2H3,(H,19,24)/t18-/m0/s1.